The topological polar surface area (TPSA) is 92.6 Å². The van der Waals surface area contributed by atoms with E-state index in [0.717, 1.165) is 29.1 Å². The van der Waals surface area contributed by atoms with Gasteiger partial charge in [0, 0.05) is 11.3 Å². The Labute approximate surface area is 243 Å². The SMILES string of the molecule is CCCCOc1ccc(C(O)=C2C(=O)C(=O)N(c3nnc(SCc4ccccc4F)s3)C2c2cccc(F)c2)cc1. The van der Waals surface area contributed by atoms with Crippen molar-refractivity contribution in [1.82, 2.24) is 10.2 Å². The van der Waals surface area contributed by atoms with Crippen LogP contribution in [0.4, 0.5) is 13.9 Å². The number of anilines is 1. The summed E-state index contributed by atoms with van der Waals surface area (Å²) in [6, 6.07) is 17.2. The lowest BCUT2D eigenvalue weighted by Crippen LogP contribution is -2.29. The average Bonchev–Trinajstić information content (AvgIpc) is 3.54. The Hall–Kier alpha value is -4.09. The van der Waals surface area contributed by atoms with Crippen molar-refractivity contribution in [2.24, 2.45) is 0 Å². The van der Waals surface area contributed by atoms with Crippen molar-refractivity contribution in [2.45, 2.75) is 35.9 Å². The van der Waals surface area contributed by atoms with Crippen LogP contribution in [0.3, 0.4) is 0 Å². The molecule has 5 rings (SSSR count). The number of thioether (sulfide) groups is 1. The summed E-state index contributed by atoms with van der Waals surface area (Å²) in [5.41, 5.74) is 0.860. The van der Waals surface area contributed by atoms with Gasteiger partial charge in [-0.1, -0.05) is 66.8 Å². The van der Waals surface area contributed by atoms with E-state index in [0.29, 0.717) is 27.8 Å². The van der Waals surface area contributed by atoms with Gasteiger partial charge in [0.15, 0.2) is 4.34 Å². The monoisotopic (exact) mass is 593 g/mol. The smallest absolute Gasteiger partial charge is 0.301 e. The number of benzene rings is 3. The van der Waals surface area contributed by atoms with Gasteiger partial charge >= 0.3 is 5.91 Å². The van der Waals surface area contributed by atoms with Gasteiger partial charge in [0.1, 0.15) is 23.1 Å². The fourth-order valence-electron chi connectivity index (χ4n) is 4.33. The van der Waals surface area contributed by atoms with Gasteiger partial charge in [0.2, 0.25) is 5.13 Å². The highest BCUT2D eigenvalue weighted by atomic mass is 32.2. The van der Waals surface area contributed by atoms with E-state index in [1.165, 1.54) is 36.0 Å². The number of aromatic nitrogens is 2. The van der Waals surface area contributed by atoms with E-state index in [4.69, 9.17) is 4.74 Å². The third-order valence-electron chi connectivity index (χ3n) is 6.41. The van der Waals surface area contributed by atoms with Crippen LogP contribution >= 0.6 is 23.1 Å². The van der Waals surface area contributed by atoms with Crippen LogP contribution in [-0.2, 0) is 15.3 Å². The lowest BCUT2D eigenvalue weighted by molar-refractivity contribution is -0.132. The number of Topliss-reactive ketones (excluding diaryl/α,β-unsaturated/α-hetero) is 1. The summed E-state index contributed by atoms with van der Waals surface area (Å²) in [4.78, 5) is 27.8. The molecular weight excluding hydrogens is 568 g/mol. The fourth-order valence-corrected chi connectivity index (χ4v) is 6.19. The Kier molecular flexibility index (Phi) is 8.75. The Balaban J connectivity index is 1.49. The minimum Gasteiger partial charge on any atom is -0.507 e. The molecule has 0 radical (unpaired) electrons. The molecule has 0 bridgehead atoms. The van der Waals surface area contributed by atoms with Gasteiger partial charge in [0.25, 0.3) is 5.78 Å². The van der Waals surface area contributed by atoms with Crippen LogP contribution in [0.5, 0.6) is 5.75 Å². The highest BCUT2D eigenvalue weighted by molar-refractivity contribution is 8.00. The van der Waals surface area contributed by atoms with Crippen LogP contribution in [0.1, 0.15) is 42.5 Å². The number of carbonyl (C=O) groups is 2. The maximum atomic E-state index is 14.3. The number of hydrogen-bond acceptors (Lipinski definition) is 8. The predicted octanol–water partition coefficient (Wildman–Crippen LogP) is 6.91. The number of nitrogens with zero attached hydrogens (tertiary/aromatic N) is 3. The molecule has 1 saturated heterocycles. The van der Waals surface area contributed by atoms with Crippen molar-refractivity contribution in [3.8, 4) is 5.75 Å². The molecule has 1 aliphatic rings. The molecular formula is C30H25F2N3O4S2. The minimum atomic E-state index is -1.15. The quantitative estimate of drug-likeness (QED) is 0.0533. The zero-order chi connectivity index (χ0) is 28.9. The molecule has 0 spiro atoms. The molecule has 1 aliphatic heterocycles. The van der Waals surface area contributed by atoms with Crippen molar-refractivity contribution < 1.29 is 28.2 Å². The standard InChI is InChI=1S/C30H25F2N3O4S2/c1-2-3-15-39-22-13-11-18(12-14-22)26(36)24-25(19-8-6-9-21(31)16-19)35(28(38)27(24)37)29-33-34-30(41-29)40-17-20-7-4-5-10-23(20)32/h4-14,16,25,36H,2-3,15,17H2,1H3. The lowest BCUT2D eigenvalue weighted by Gasteiger charge is -2.22. The van der Waals surface area contributed by atoms with Crippen molar-refractivity contribution in [3.05, 3.63) is 107 Å². The molecule has 41 heavy (non-hydrogen) atoms. The third kappa shape index (κ3) is 6.15. The molecule has 3 aromatic carbocycles. The van der Waals surface area contributed by atoms with E-state index in [9.17, 15) is 23.5 Å². The van der Waals surface area contributed by atoms with Crippen molar-refractivity contribution in [3.63, 3.8) is 0 Å². The van der Waals surface area contributed by atoms with E-state index in [-0.39, 0.29) is 27.8 Å². The second kappa shape index (κ2) is 12.6. The second-order valence-electron chi connectivity index (χ2n) is 9.18. The second-order valence-corrected chi connectivity index (χ2v) is 11.4. The third-order valence-corrected chi connectivity index (χ3v) is 8.52. The van der Waals surface area contributed by atoms with Gasteiger partial charge in [-0.2, -0.15) is 0 Å². The zero-order valence-electron chi connectivity index (χ0n) is 21.9. The van der Waals surface area contributed by atoms with Crippen LogP contribution in [0.15, 0.2) is 82.7 Å². The van der Waals surface area contributed by atoms with Crippen LogP contribution in [0.2, 0.25) is 0 Å². The van der Waals surface area contributed by atoms with Gasteiger partial charge in [-0.25, -0.2) is 8.78 Å². The molecule has 1 fully saturated rings. The summed E-state index contributed by atoms with van der Waals surface area (Å²) in [6.45, 7) is 2.61. The highest BCUT2D eigenvalue weighted by Gasteiger charge is 2.48. The molecule has 7 nitrogen and oxygen atoms in total. The molecule has 210 valence electrons. The zero-order valence-corrected chi connectivity index (χ0v) is 23.6. The van der Waals surface area contributed by atoms with E-state index < -0.39 is 29.3 Å². The first kappa shape index (κ1) is 28.4. The molecule has 0 saturated carbocycles. The van der Waals surface area contributed by atoms with Crippen molar-refractivity contribution in [2.75, 3.05) is 11.5 Å². The summed E-state index contributed by atoms with van der Waals surface area (Å²) >= 11 is 2.27. The number of aliphatic hydroxyl groups is 1. The summed E-state index contributed by atoms with van der Waals surface area (Å²) in [7, 11) is 0. The Bertz CT molecular complexity index is 1610. The first-order chi connectivity index (χ1) is 19.9. The van der Waals surface area contributed by atoms with Crippen LogP contribution in [0, 0.1) is 11.6 Å². The molecule has 1 atom stereocenters. The minimum absolute atomic E-state index is 0.0936. The molecule has 2 heterocycles. The molecule has 0 aliphatic carbocycles. The van der Waals surface area contributed by atoms with Gasteiger partial charge in [-0.15, -0.1) is 10.2 Å². The molecule has 1 aromatic heterocycles. The Morgan fingerprint density at radius 1 is 1.05 bits per heavy atom. The van der Waals surface area contributed by atoms with Crippen molar-refractivity contribution >= 4 is 45.7 Å². The number of hydrogen-bond donors (Lipinski definition) is 1. The molecule has 4 aromatic rings. The van der Waals surface area contributed by atoms with Gasteiger partial charge in [-0.05, 0) is 60.0 Å². The summed E-state index contributed by atoms with van der Waals surface area (Å²) < 4.78 is 34.5. The van der Waals surface area contributed by atoms with Gasteiger partial charge < -0.3 is 9.84 Å². The average molecular weight is 594 g/mol. The number of halogens is 2. The van der Waals surface area contributed by atoms with E-state index in [2.05, 4.69) is 17.1 Å². The first-order valence-corrected chi connectivity index (χ1v) is 14.7. The number of rotatable bonds is 10. The van der Waals surface area contributed by atoms with Crippen LogP contribution in [-0.4, -0.2) is 33.6 Å². The molecule has 1 unspecified atom stereocenters. The summed E-state index contributed by atoms with van der Waals surface area (Å²) in [6.07, 6.45) is 1.88. The number of amides is 1. The number of ether oxygens (including phenoxy) is 1. The van der Waals surface area contributed by atoms with Gasteiger partial charge in [0.05, 0.1) is 18.2 Å². The number of ketones is 1. The molecule has 1 N–H and O–H groups in total. The largest absolute Gasteiger partial charge is 0.507 e. The van der Waals surface area contributed by atoms with E-state index in [1.807, 2.05) is 0 Å². The van der Waals surface area contributed by atoms with Crippen LogP contribution < -0.4 is 9.64 Å². The molecule has 1 amide bonds. The number of aliphatic hydroxyl groups excluding tert-OH is 1. The number of unbranched alkanes of at least 4 members (excludes halogenated alkanes) is 1. The maximum Gasteiger partial charge on any atom is 0.301 e. The Morgan fingerprint density at radius 3 is 2.56 bits per heavy atom. The number of carbonyl (C=O) groups excluding carboxylic acids is 2. The van der Waals surface area contributed by atoms with E-state index >= 15 is 0 Å². The van der Waals surface area contributed by atoms with E-state index in [1.54, 1.807) is 48.5 Å². The normalized spacial score (nSPS) is 16.4. The highest BCUT2D eigenvalue weighted by Crippen LogP contribution is 2.44. The summed E-state index contributed by atoms with van der Waals surface area (Å²) in [5.74, 6) is -2.30. The lowest BCUT2D eigenvalue weighted by atomic mass is 9.95. The van der Waals surface area contributed by atoms with Crippen LogP contribution in [0.25, 0.3) is 5.76 Å². The molecule has 11 heteroatoms. The summed E-state index contributed by atoms with van der Waals surface area (Å²) in [5, 5.41) is 19.6. The Morgan fingerprint density at radius 2 is 1.83 bits per heavy atom. The van der Waals surface area contributed by atoms with Crippen molar-refractivity contribution in [1.29, 1.82) is 0 Å². The predicted molar refractivity (Wildman–Crippen MR) is 154 cm³/mol. The fraction of sp³-hybridized carbons (Fsp3) is 0.200. The first-order valence-electron chi connectivity index (χ1n) is 12.9. The van der Waals surface area contributed by atoms with Gasteiger partial charge in [-0.3, -0.25) is 14.5 Å². The maximum absolute atomic E-state index is 14.3.